The molecule has 1 N–H and O–H groups in total. The van der Waals surface area contributed by atoms with Crippen LogP contribution in [0, 0.1) is 11.3 Å². The molecule has 0 radical (unpaired) electrons. The van der Waals surface area contributed by atoms with E-state index in [0.717, 1.165) is 0 Å². The standard InChI is InChI=1S/C17H15ClN2O3/c1-3-23-16-12(8-11(10-19)9-15(16)22-2)17(21)20-14-7-5-4-6-13(14)18/h4-9H,3H2,1-2H3,(H,20,21). The molecule has 0 saturated heterocycles. The van der Waals surface area contributed by atoms with E-state index in [9.17, 15) is 4.79 Å². The zero-order chi connectivity index (χ0) is 16.8. The number of methoxy groups -OCH3 is 1. The maximum absolute atomic E-state index is 12.6. The number of amides is 1. The molecule has 6 heteroatoms. The SMILES string of the molecule is CCOc1c(OC)cc(C#N)cc1C(=O)Nc1ccccc1Cl. The van der Waals surface area contributed by atoms with Gasteiger partial charge in [-0.1, -0.05) is 23.7 Å². The summed E-state index contributed by atoms with van der Waals surface area (Å²) in [7, 11) is 1.45. The van der Waals surface area contributed by atoms with Crippen LogP contribution in [0.4, 0.5) is 5.69 Å². The maximum atomic E-state index is 12.6. The molecule has 0 atom stereocenters. The first kappa shape index (κ1) is 16.7. The van der Waals surface area contributed by atoms with E-state index in [2.05, 4.69) is 5.32 Å². The second-order valence-corrected chi connectivity index (χ2v) is 4.94. The van der Waals surface area contributed by atoms with Gasteiger partial charge in [-0.05, 0) is 25.1 Å². The third-order valence-electron chi connectivity index (χ3n) is 3.06. The van der Waals surface area contributed by atoms with Crippen LogP contribution in [-0.4, -0.2) is 19.6 Å². The van der Waals surface area contributed by atoms with Gasteiger partial charge in [0.2, 0.25) is 0 Å². The number of benzene rings is 2. The first-order valence-corrected chi connectivity index (χ1v) is 7.29. The monoisotopic (exact) mass is 330 g/mol. The van der Waals surface area contributed by atoms with Gasteiger partial charge in [0, 0.05) is 6.07 Å². The minimum absolute atomic E-state index is 0.211. The lowest BCUT2D eigenvalue weighted by Crippen LogP contribution is -2.15. The van der Waals surface area contributed by atoms with Crippen LogP contribution in [0.25, 0.3) is 0 Å². The summed E-state index contributed by atoms with van der Waals surface area (Å²) in [4.78, 5) is 12.6. The molecule has 23 heavy (non-hydrogen) atoms. The van der Waals surface area contributed by atoms with E-state index in [-0.39, 0.29) is 5.56 Å². The molecule has 0 aliphatic rings. The molecule has 0 fully saturated rings. The molecule has 0 spiro atoms. The fourth-order valence-corrected chi connectivity index (χ4v) is 2.22. The van der Waals surface area contributed by atoms with Crippen molar-refractivity contribution in [2.45, 2.75) is 6.92 Å². The number of halogens is 1. The minimum atomic E-state index is -0.433. The summed E-state index contributed by atoms with van der Waals surface area (Å²) in [6.07, 6.45) is 0. The molecule has 5 nitrogen and oxygen atoms in total. The van der Waals surface area contributed by atoms with Crippen molar-refractivity contribution in [1.29, 1.82) is 5.26 Å². The van der Waals surface area contributed by atoms with Gasteiger partial charge in [0.15, 0.2) is 11.5 Å². The first-order chi connectivity index (χ1) is 11.1. The highest BCUT2D eigenvalue weighted by atomic mass is 35.5. The zero-order valence-electron chi connectivity index (χ0n) is 12.7. The van der Waals surface area contributed by atoms with Gasteiger partial charge in [-0.25, -0.2) is 0 Å². The normalized spacial score (nSPS) is 9.83. The molecule has 0 aromatic heterocycles. The highest BCUT2D eigenvalue weighted by molar-refractivity contribution is 6.34. The molecule has 2 aromatic rings. The van der Waals surface area contributed by atoms with Crippen LogP contribution < -0.4 is 14.8 Å². The lowest BCUT2D eigenvalue weighted by atomic mass is 10.1. The smallest absolute Gasteiger partial charge is 0.259 e. The third kappa shape index (κ3) is 3.74. The Bertz CT molecular complexity index is 769. The van der Waals surface area contributed by atoms with Gasteiger partial charge in [-0.15, -0.1) is 0 Å². The quantitative estimate of drug-likeness (QED) is 0.903. The summed E-state index contributed by atoms with van der Waals surface area (Å²) >= 11 is 6.05. The third-order valence-corrected chi connectivity index (χ3v) is 3.39. The van der Waals surface area contributed by atoms with Crippen molar-refractivity contribution >= 4 is 23.2 Å². The molecular formula is C17H15ClN2O3. The van der Waals surface area contributed by atoms with Gasteiger partial charge < -0.3 is 14.8 Å². The summed E-state index contributed by atoms with van der Waals surface area (Å²) in [5, 5.41) is 12.3. The molecule has 0 heterocycles. The Hall–Kier alpha value is -2.71. The van der Waals surface area contributed by atoms with Crippen molar-refractivity contribution in [2.24, 2.45) is 0 Å². The fraction of sp³-hybridized carbons (Fsp3) is 0.176. The van der Waals surface area contributed by atoms with Crippen molar-refractivity contribution in [3.05, 3.63) is 52.5 Å². The number of ether oxygens (including phenoxy) is 2. The number of carbonyl (C=O) groups is 1. The Balaban J connectivity index is 2.46. The predicted octanol–water partition coefficient (Wildman–Crippen LogP) is 3.87. The van der Waals surface area contributed by atoms with Crippen molar-refractivity contribution in [2.75, 3.05) is 19.0 Å². The number of hydrogen-bond acceptors (Lipinski definition) is 4. The summed E-state index contributed by atoms with van der Waals surface area (Å²) in [5.74, 6) is 0.186. The van der Waals surface area contributed by atoms with E-state index in [0.29, 0.717) is 34.4 Å². The molecule has 0 unspecified atom stereocenters. The molecule has 0 aliphatic carbocycles. The van der Waals surface area contributed by atoms with Gasteiger partial charge in [0.05, 0.1) is 41.6 Å². The minimum Gasteiger partial charge on any atom is -0.493 e. The van der Waals surface area contributed by atoms with Gasteiger partial charge in [-0.3, -0.25) is 4.79 Å². The molecule has 0 saturated carbocycles. The highest BCUT2D eigenvalue weighted by Crippen LogP contribution is 2.34. The number of nitriles is 1. The summed E-state index contributed by atoms with van der Waals surface area (Å²) in [6.45, 7) is 2.15. The number of rotatable bonds is 5. The second kappa shape index (κ2) is 7.52. The van der Waals surface area contributed by atoms with Gasteiger partial charge in [-0.2, -0.15) is 5.26 Å². The largest absolute Gasteiger partial charge is 0.493 e. The summed E-state index contributed by atoms with van der Waals surface area (Å²) < 4.78 is 10.7. The van der Waals surface area contributed by atoms with Gasteiger partial charge >= 0.3 is 0 Å². The second-order valence-electron chi connectivity index (χ2n) is 4.53. The topological polar surface area (TPSA) is 71.3 Å². The Morgan fingerprint density at radius 3 is 2.70 bits per heavy atom. The van der Waals surface area contributed by atoms with Crippen LogP contribution in [0.2, 0.25) is 5.02 Å². The number of nitrogens with zero attached hydrogens (tertiary/aromatic N) is 1. The number of anilines is 1. The molecule has 118 valence electrons. The Morgan fingerprint density at radius 2 is 2.09 bits per heavy atom. The molecule has 2 aromatic carbocycles. The molecular weight excluding hydrogens is 316 g/mol. The van der Waals surface area contributed by atoms with E-state index < -0.39 is 5.91 Å². The van der Waals surface area contributed by atoms with Crippen molar-refractivity contribution in [3.8, 4) is 17.6 Å². The summed E-state index contributed by atoms with van der Waals surface area (Å²) in [5.41, 5.74) is 0.986. The molecule has 0 aliphatic heterocycles. The van der Waals surface area contributed by atoms with E-state index in [1.165, 1.54) is 19.2 Å². The zero-order valence-corrected chi connectivity index (χ0v) is 13.5. The highest BCUT2D eigenvalue weighted by Gasteiger charge is 2.20. The number of carbonyl (C=O) groups excluding carboxylic acids is 1. The molecule has 1 amide bonds. The van der Waals surface area contributed by atoms with Crippen molar-refractivity contribution in [3.63, 3.8) is 0 Å². The summed E-state index contributed by atoms with van der Waals surface area (Å²) in [6, 6.07) is 11.9. The van der Waals surface area contributed by atoms with Crippen LogP contribution >= 0.6 is 11.6 Å². The average molecular weight is 331 g/mol. The molecule has 2 rings (SSSR count). The lowest BCUT2D eigenvalue weighted by molar-refractivity contribution is 0.102. The van der Waals surface area contributed by atoms with Gasteiger partial charge in [0.1, 0.15) is 0 Å². The molecule has 0 bridgehead atoms. The number of hydrogen-bond donors (Lipinski definition) is 1. The first-order valence-electron chi connectivity index (χ1n) is 6.91. The van der Waals surface area contributed by atoms with Crippen molar-refractivity contribution < 1.29 is 14.3 Å². The maximum Gasteiger partial charge on any atom is 0.259 e. The van der Waals surface area contributed by atoms with Crippen LogP contribution in [0.1, 0.15) is 22.8 Å². The Labute approximate surface area is 139 Å². The number of para-hydroxylation sites is 1. The van der Waals surface area contributed by atoms with E-state index in [1.54, 1.807) is 31.2 Å². The van der Waals surface area contributed by atoms with Crippen LogP contribution in [0.5, 0.6) is 11.5 Å². The predicted molar refractivity (Wildman–Crippen MR) is 88.3 cm³/mol. The van der Waals surface area contributed by atoms with E-state index in [1.807, 2.05) is 6.07 Å². The van der Waals surface area contributed by atoms with Crippen LogP contribution in [0.3, 0.4) is 0 Å². The lowest BCUT2D eigenvalue weighted by Gasteiger charge is -2.15. The van der Waals surface area contributed by atoms with E-state index >= 15 is 0 Å². The number of nitrogens with one attached hydrogen (secondary N) is 1. The fourth-order valence-electron chi connectivity index (χ4n) is 2.03. The van der Waals surface area contributed by atoms with Gasteiger partial charge in [0.25, 0.3) is 5.91 Å². The Morgan fingerprint density at radius 1 is 1.35 bits per heavy atom. The average Bonchev–Trinajstić information content (AvgIpc) is 2.57. The van der Waals surface area contributed by atoms with Crippen LogP contribution in [0.15, 0.2) is 36.4 Å². The van der Waals surface area contributed by atoms with Crippen LogP contribution in [-0.2, 0) is 0 Å². The Kier molecular flexibility index (Phi) is 5.45. The van der Waals surface area contributed by atoms with E-state index in [4.69, 9.17) is 26.3 Å². The van der Waals surface area contributed by atoms with Crippen molar-refractivity contribution in [1.82, 2.24) is 0 Å².